The van der Waals surface area contributed by atoms with Crippen molar-refractivity contribution >= 4 is 5.91 Å². The Labute approximate surface area is 108 Å². The molecule has 18 heavy (non-hydrogen) atoms. The van der Waals surface area contributed by atoms with E-state index >= 15 is 0 Å². The largest absolute Gasteiger partial charge is 0.341 e. The molecular formula is C15H18N2O. The quantitative estimate of drug-likeness (QED) is 0.783. The molecule has 0 saturated carbocycles. The number of carbonyl (C=O) groups is 1. The van der Waals surface area contributed by atoms with Crippen molar-refractivity contribution < 1.29 is 4.79 Å². The molecule has 3 heteroatoms. The molecule has 0 aromatic heterocycles. The second-order valence-electron chi connectivity index (χ2n) is 4.54. The highest BCUT2D eigenvalue weighted by molar-refractivity contribution is 5.83. The number of terminal acetylenes is 1. The summed E-state index contributed by atoms with van der Waals surface area (Å²) >= 11 is 0. The molecule has 0 aliphatic carbocycles. The van der Waals surface area contributed by atoms with Crippen LogP contribution < -0.4 is 10.6 Å². The van der Waals surface area contributed by atoms with Gasteiger partial charge in [-0.2, -0.15) is 0 Å². The molecule has 2 atom stereocenters. The highest BCUT2D eigenvalue weighted by Gasteiger charge is 2.24. The standard InChI is InChI=1S/C15H18N2O/c1-3-13(4-2)17-15(18)14-9-11-7-5-6-8-12(11)10-16-14/h1,5-8,13-14,16H,4,9-10H2,2H3,(H,17,18)/t13?,14-/m0/s1. The first-order valence-corrected chi connectivity index (χ1v) is 6.31. The summed E-state index contributed by atoms with van der Waals surface area (Å²) in [6.45, 7) is 2.70. The Hall–Kier alpha value is -1.79. The summed E-state index contributed by atoms with van der Waals surface area (Å²) in [5, 5.41) is 6.13. The molecule has 1 aromatic carbocycles. The molecule has 1 aliphatic rings. The number of hydrogen-bond donors (Lipinski definition) is 2. The first-order valence-electron chi connectivity index (χ1n) is 6.31. The van der Waals surface area contributed by atoms with Crippen molar-refractivity contribution in [3.05, 3.63) is 35.4 Å². The molecule has 1 aliphatic heterocycles. The van der Waals surface area contributed by atoms with E-state index in [-0.39, 0.29) is 18.0 Å². The summed E-state index contributed by atoms with van der Waals surface area (Å²) in [6, 6.07) is 7.85. The average Bonchev–Trinajstić information content (AvgIpc) is 2.44. The Morgan fingerprint density at radius 3 is 2.94 bits per heavy atom. The maximum Gasteiger partial charge on any atom is 0.238 e. The van der Waals surface area contributed by atoms with Crippen molar-refractivity contribution in [2.24, 2.45) is 0 Å². The van der Waals surface area contributed by atoms with Crippen LogP contribution in [0.4, 0.5) is 0 Å². The number of rotatable bonds is 3. The predicted octanol–water partition coefficient (Wildman–Crippen LogP) is 1.23. The number of hydrogen-bond acceptors (Lipinski definition) is 2. The summed E-state index contributed by atoms with van der Waals surface area (Å²) in [6.07, 6.45) is 6.83. The Balaban J connectivity index is 2.01. The third kappa shape index (κ3) is 2.72. The van der Waals surface area contributed by atoms with Gasteiger partial charge in [0, 0.05) is 6.54 Å². The molecular weight excluding hydrogens is 224 g/mol. The minimum atomic E-state index is -0.178. The molecule has 0 radical (unpaired) electrons. The summed E-state index contributed by atoms with van der Waals surface area (Å²) < 4.78 is 0. The van der Waals surface area contributed by atoms with E-state index in [1.807, 2.05) is 19.1 Å². The van der Waals surface area contributed by atoms with E-state index in [1.54, 1.807) is 0 Å². The zero-order valence-electron chi connectivity index (χ0n) is 10.6. The first-order chi connectivity index (χ1) is 8.74. The highest BCUT2D eigenvalue weighted by atomic mass is 16.2. The fraction of sp³-hybridized carbons (Fsp3) is 0.400. The molecule has 0 fully saturated rings. The van der Waals surface area contributed by atoms with Crippen molar-refractivity contribution in [2.45, 2.75) is 38.4 Å². The summed E-state index contributed by atoms with van der Waals surface area (Å²) in [5.41, 5.74) is 2.51. The van der Waals surface area contributed by atoms with Gasteiger partial charge in [-0.25, -0.2) is 0 Å². The molecule has 1 unspecified atom stereocenters. The van der Waals surface area contributed by atoms with Crippen LogP contribution in [0.25, 0.3) is 0 Å². The maximum absolute atomic E-state index is 12.1. The van der Waals surface area contributed by atoms with Crippen LogP contribution in [0.15, 0.2) is 24.3 Å². The molecule has 1 aromatic rings. The van der Waals surface area contributed by atoms with Crippen LogP contribution in [-0.2, 0) is 17.8 Å². The smallest absolute Gasteiger partial charge is 0.238 e. The molecule has 1 amide bonds. The summed E-state index contributed by atoms with van der Waals surface area (Å²) in [4.78, 5) is 12.1. The van der Waals surface area contributed by atoms with Gasteiger partial charge in [-0.15, -0.1) is 6.42 Å². The van der Waals surface area contributed by atoms with Crippen LogP contribution in [0.5, 0.6) is 0 Å². The molecule has 2 N–H and O–H groups in total. The van der Waals surface area contributed by atoms with E-state index < -0.39 is 0 Å². The number of fused-ring (bicyclic) bond motifs is 1. The van der Waals surface area contributed by atoms with Crippen LogP contribution >= 0.6 is 0 Å². The lowest BCUT2D eigenvalue weighted by atomic mass is 9.95. The SMILES string of the molecule is C#CC(CC)NC(=O)[C@@H]1Cc2ccccc2CN1. The average molecular weight is 242 g/mol. The third-order valence-electron chi connectivity index (χ3n) is 3.32. The van der Waals surface area contributed by atoms with Crippen LogP contribution in [0.3, 0.4) is 0 Å². The van der Waals surface area contributed by atoms with Gasteiger partial charge in [0.15, 0.2) is 0 Å². The summed E-state index contributed by atoms with van der Waals surface area (Å²) in [7, 11) is 0. The van der Waals surface area contributed by atoms with Crippen LogP contribution in [0.1, 0.15) is 24.5 Å². The molecule has 2 rings (SSSR count). The van der Waals surface area contributed by atoms with Crippen LogP contribution in [0.2, 0.25) is 0 Å². The Bertz CT molecular complexity index is 476. The normalized spacial score (nSPS) is 19.4. The van der Waals surface area contributed by atoms with Gasteiger partial charge in [-0.1, -0.05) is 37.1 Å². The van der Waals surface area contributed by atoms with Crippen molar-refractivity contribution in [2.75, 3.05) is 0 Å². The molecule has 3 nitrogen and oxygen atoms in total. The topological polar surface area (TPSA) is 41.1 Å². The van der Waals surface area contributed by atoms with Crippen molar-refractivity contribution in [1.82, 2.24) is 10.6 Å². The second kappa shape index (κ2) is 5.70. The monoisotopic (exact) mass is 242 g/mol. The van der Waals surface area contributed by atoms with Gasteiger partial charge in [0.05, 0.1) is 12.1 Å². The van der Waals surface area contributed by atoms with E-state index in [0.29, 0.717) is 0 Å². The van der Waals surface area contributed by atoms with Crippen LogP contribution in [-0.4, -0.2) is 18.0 Å². The van der Waals surface area contributed by atoms with Gasteiger partial charge in [-0.05, 0) is 24.0 Å². The van der Waals surface area contributed by atoms with E-state index in [1.165, 1.54) is 11.1 Å². The van der Waals surface area contributed by atoms with Gasteiger partial charge in [0.25, 0.3) is 0 Å². The Kier molecular flexibility index (Phi) is 4.01. The number of amides is 1. The van der Waals surface area contributed by atoms with Gasteiger partial charge in [0.2, 0.25) is 5.91 Å². The lowest BCUT2D eigenvalue weighted by molar-refractivity contribution is -0.123. The van der Waals surface area contributed by atoms with Gasteiger partial charge in [0.1, 0.15) is 0 Å². The lowest BCUT2D eigenvalue weighted by Crippen LogP contribution is -2.50. The zero-order chi connectivity index (χ0) is 13.0. The minimum Gasteiger partial charge on any atom is -0.341 e. The van der Waals surface area contributed by atoms with Gasteiger partial charge < -0.3 is 10.6 Å². The third-order valence-corrected chi connectivity index (χ3v) is 3.32. The van der Waals surface area contributed by atoms with E-state index in [9.17, 15) is 4.79 Å². The fourth-order valence-corrected chi connectivity index (χ4v) is 2.17. The van der Waals surface area contributed by atoms with Crippen molar-refractivity contribution in [3.8, 4) is 12.3 Å². The predicted molar refractivity (Wildman–Crippen MR) is 71.8 cm³/mol. The van der Waals surface area contributed by atoms with Gasteiger partial charge in [-0.3, -0.25) is 4.79 Å². The van der Waals surface area contributed by atoms with Crippen molar-refractivity contribution in [3.63, 3.8) is 0 Å². The number of carbonyl (C=O) groups excluding carboxylic acids is 1. The molecule has 94 valence electrons. The zero-order valence-corrected chi connectivity index (χ0v) is 10.6. The van der Waals surface area contributed by atoms with E-state index in [2.05, 4.69) is 28.7 Å². The summed E-state index contributed by atoms with van der Waals surface area (Å²) in [5.74, 6) is 2.58. The molecule has 0 bridgehead atoms. The Morgan fingerprint density at radius 1 is 1.56 bits per heavy atom. The molecule has 0 saturated heterocycles. The molecule has 1 heterocycles. The maximum atomic E-state index is 12.1. The molecule has 0 spiro atoms. The lowest BCUT2D eigenvalue weighted by Gasteiger charge is -2.26. The van der Waals surface area contributed by atoms with E-state index in [0.717, 1.165) is 19.4 Å². The highest BCUT2D eigenvalue weighted by Crippen LogP contribution is 2.16. The fourth-order valence-electron chi connectivity index (χ4n) is 2.17. The van der Waals surface area contributed by atoms with Crippen molar-refractivity contribution in [1.29, 1.82) is 0 Å². The first kappa shape index (κ1) is 12.7. The minimum absolute atomic E-state index is 0.00527. The number of benzene rings is 1. The number of nitrogens with one attached hydrogen (secondary N) is 2. The van der Waals surface area contributed by atoms with Crippen LogP contribution in [0, 0.1) is 12.3 Å². The van der Waals surface area contributed by atoms with Gasteiger partial charge >= 0.3 is 0 Å². The second-order valence-corrected chi connectivity index (χ2v) is 4.54. The Morgan fingerprint density at radius 2 is 2.28 bits per heavy atom. The van der Waals surface area contributed by atoms with E-state index in [4.69, 9.17) is 6.42 Å².